The van der Waals surface area contributed by atoms with Crippen molar-refractivity contribution in [3.63, 3.8) is 0 Å². The number of hydrogen-bond donors (Lipinski definition) is 0. The van der Waals surface area contributed by atoms with Crippen molar-refractivity contribution in [3.8, 4) is 5.75 Å². The maximum Gasteiger partial charge on any atom is 0.340 e. The molecule has 0 amide bonds. The average Bonchev–Trinajstić information content (AvgIpc) is 3.07. The summed E-state index contributed by atoms with van der Waals surface area (Å²) in [5.74, 6) is -0.0362. The fourth-order valence-electron chi connectivity index (χ4n) is 3.05. The van der Waals surface area contributed by atoms with E-state index in [1.807, 2.05) is 57.2 Å². The number of fused-ring (bicyclic) bond motifs is 1. The Balaban J connectivity index is 1.98. The van der Waals surface area contributed by atoms with Crippen molar-refractivity contribution >= 4 is 22.8 Å². The number of rotatable bonds is 5. The molecule has 1 aromatic heterocycles. The Bertz CT molecular complexity index is 1000. The molecule has 27 heavy (non-hydrogen) atoms. The number of ether oxygens (including phenoxy) is 2. The third kappa shape index (κ3) is 3.58. The minimum atomic E-state index is -0.659. The third-order valence-corrected chi connectivity index (χ3v) is 4.76. The van der Waals surface area contributed by atoms with E-state index in [1.54, 1.807) is 6.07 Å². The number of hydrogen-bond acceptors (Lipinski definition) is 4. The molecule has 0 aliphatic carbocycles. The molecule has 5 nitrogen and oxygen atoms in total. The smallest absolute Gasteiger partial charge is 0.340 e. The van der Waals surface area contributed by atoms with Gasteiger partial charge in [-0.2, -0.15) is 0 Å². The van der Waals surface area contributed by atoms with Gasteiger partial charge in [-0.05, 0) is 49.6 Å². The van der Waals surface area contributed by atoms with E-state index in [0.29, 0.717) is 28.6 Å². The zero-order valence-corrected chi connectivity index (χ0v) is 16.0. The first-order valence-corrected chi connectivity index (χ1v) is 8.92. The molecule has 2 aromatic carbocycles. The van der Waals surface area contributed by atoms with Crippen LogP contribution in [-0.4, -0.2) is 29.7 Å². The summed E-state index contributed by atoms with van der Waals surface area (Å²) in [6.07, 6.45) is 1.38. The molecule has 0 unspecified atom stereocenters. The lowest BCUT2D eigenvalue weighted by Gasteiger charge is -2.18. The first-order valence-electron chi connectivity index (χ1n) is 8.92. The molecular formula is C22H23NO4. The Morgan fingerprint density at radius 2 is 1.81 bits per heavy atom. The van der Waals surface area contributed by atoms with Crippen molar-refractivity contribution in [2.45, 2.75) is 33.3 Å². The van der Waals surface area contributed by atoms with Crippen LogP contribution in [0.2, 0.25) is 0 Å². The van der Waals surface area contributed by atoms with Gasteiger partial charge in [0, 0.05) is 11.6 Å². The average molecular weight is 365 g/mol. The highest BCUT2D eigenvalue weighted by Crippen LogP contribution is 2.24. The fourth-order valence-corrected chi connectivity index (χ4v) is 3.05. The molecule has 3 aromatic rings. The molecule has 0 bridgehead atoms. The third-order valence-electron chi connectivity index (χ3n) is 4.76. The van der Waals surface area contributed by atoms with Gasteiger partial charge in [0.1, 0.15) is 5.75 Å². The minimum Gasteiger partial charge on any atom is -0.481 e. The zero-order chi connectivity index (χ0) is 19.6. The van der Waals surface area contributed by atoms with Gasteiger partial charge in [0.2, 0.25) is 0 Å². The molecule has 0 radical (unpaired) electrons. The number of benzene rings is 2. The molecular weight excluding hydrogens is 342 g/mol. The Hall–Kier alpha value is -3.08. The lowest BCUT2D eigenvalue weighted by atomic mass is 10.1. The highest BCUT2D eigenvalue weighted by Gasteiger charge is 2.25. The number of para-hydroxylation sites is 1. The van der Waals surface area contributed by atoms with Crippen LogP contribution in [0.4, 0.5) is 0 Å². The van der Waals surface area contributed by atoms with Crippen molar-refractivity contribution in [2.24, 2.45) is 0 Å². The van der Waals surface area contributed by atoms with Crippen molar-refractivity contribution in [1.29, 1.82) is 0 Å². The number of aryl methyl sites for hydroxylation is 2. The highest BCUT2D eigenvalue weighted by atomic mass is 16.5. The Kier molecular flexibility index (Phi) is 5.31. The van der Waals surface area contributed by atoms with E-state index in [2.05, 4.69) is 0 Å². The number of carbonyl (C=O) groups is 2. The Morgan fingerprint density at radius 1 is 1.07 bits per heavy atom. The van der Waals surface area contributed by atoms with Crippen LogP contribution in [0.1, 0.15) is 39.6 Å². The van der Waals surface area contributed by atoms with Crippen LogP contribution in [0.3, 0.4) is 0 Å². The quantitative estimate of drug-likeness (QED) is 0.623. The molecule has 0 aliphatic heterocycles. The molecule has 5 heteroatoms. The number of methoxy groups -OCH3 is 1. The Labute approximate surface area is 158 Å². The first-order chi connectivity index (χ1) is 13.0. The van der Waals surface area contributed by atoms with Crippen LogP contribution in [0.5, 0.6) is 5.75 Å². The van der Waals surface area contributed by atoms with Crippen LogP contribution in [0, 0.1) is 13.8 Å². The van der Waals surface area contributed by atoms with Crippen LogP contribution >= 0.6 is 0 Å². The maximum absolute atomic E-state index is 13.2. The second-order valence-electron chi connectivity index (χ2n) is 6.52. The summed E-state index contributed by atoms with van der Waals surface area (Å²) in [4.78, 5) is 25.2. The van der Waals surface area contributed by atoms with Gasteiger partial charge in [-0.15, -0.1) is 0 Å². The normalized spacial score (nSPS) is 12.0. The summed E-state index contributed by atoms with van der Waals surface area (Å²) >= 11 is 0. The Morgan fingerprint density at radius 3 is 2.48 bits per heavy atom. The monoisotopic (exact) mass is 365 g/mol. The van der Waals surface area contributed by atoms with Gasteiger partial charge in [-0.1, -0.05) is 31.2 Å². The van der Waals surface area contributed by atoms with Crippen molar-refractivity contribution in [2.75, 3.05) is 7.11 Å². The second-order valence-corrected chi connectivity index (χ2v) is 6.52. The van der Waals surface area contributed by atoms with Gasteiger partial charge in [0.25, 0.3) is 5.91 Å². The van der Waals surface area contributed by atoms with E-state index in [4.69, 9.17) is 9.47 Å². The SMILES string of the molecule is CC[C@@H](Oc1ccc(C)c(C)c1)C(=O)n1cc(C(=O)OC)c2ccccc21. The van der Waals surface area contributed by atoms with Gasteiger partial charge in [-0.3, -0.25) is 9.36 Å². The molecule has 0 N–H and O–H groups in total. The molecule has 0 spiro atoms. The molecule has 1 atom stereocenters. The molecule has 140 valence electrons. The standard InChI is InChI=1S/C22H23NO4/c1-5-20(27-16-11-10-14(2)15(3)12-16)21(24)23-13-18(22(25)26-4)17-8-6-7-9-19(17)23/h6-13,20H,5H2,1-4H3/t20-/m1/s1. The number of nitrogens with zero attached hydrogens (tertiary/aromatic N) is 1. The summed E-state index contributed by atoms with van der Waals surface area (Å²) in [6.45, 7) is 5.94. The predicted molar refractivity (Wildman–Crippen MR) is 105 cm³/mol. The minimum absolute atomic E-state index is 0.220. The maximum atomic E-state index is 13.2. The van der Waals surface area contributed by atoms with Crippen LogP contribution < -0.4 is 4.74 Å². The number of aromatic nitrogens is 1. The molecule has 0 aliphatic rings. The van der Waals surface area contributed by atoms with Gasteiger partial charge in [0.15, 0.2) is 6.10 Å². The first kappa shape index (κ1) is 18.7. The molecule has 3 rings (SSSR count). The van der Waals surface area contributed by atoms with Crippen LogP contribution in [0.25, 0.3) is 10.9 Å². The van der Waals surface area contributed by atoms with Gasteiger partial charge in [0.05, 0.1) is 18.2 Å². The predicted octanol–water partition coefficient (Wildman–Crippen LogP) is 4.54. The van der Waals surface area contributed by atoms with E-state index in [9.17, 15) is 9.59 Å². The summed E-state index contributed by atoms with van der Waals surface area (Å²) < 4.78 is 12.3. The zero-order valence-electron chi connectivity index (χ0n) is 16.0. The summed E-state index contributed by atoms with van der Waals surface area (Å²) in [7, 11) is 1.33. The van der Waals surface area contributed by atoms with E-state index < -0.39 is 12.1 Å². The topological polar surface area (TPSA) is 57.5 Å². The van der Waals surface area contributed by atoms with Gasteiger partial charge < -0.3 is 9.47 Å². The van der Waals surface area contributed by atoms with Crippen LogP contribution in [-0.2, 0) is 4.74 Å². The molecule has 0 fully saturated rings. The lowest BCUT2D eigenvalue weighted by Crippen LogP contribution is -2.31. The summed E-state index contributed by atoms with van der Waals surface area (Å²) in [5.41, 5.74) is 3.29. The highest BCUT2D eigenvalue weighted by molar-refractivity contribution is 6.07. The summed E-state index contributed by atoms with van der Waals surface area (Å²) in [5, 5.41) is 0.679. The molecule has 0 saturated carbocycles. The van der Waals surface area contributed by atoms with E-state index in [-0.39, 0.29) is 5.91 Å². The number of esters is 1. The second kappa shape index (κ2) is 7.66. The van der Waals surface area contributed by atoms with Gasteiger partial charge >= 0.3 is 5.97 Å². The fraction of sp³-hybridized carbons (Fsp3) is 0.273. The van der Waals surface area contributed by atoms with Crippen LogP contribution in [0.15, 0.2) is 48.7 Å². The molecule has 1 heterocycles. The van der Waals surface area contributed by atoms with E-state index in [1.165, 1.54) is 23.4 Å². The largest absolute Gasteiger partial charge is 0.481 e. The van der Waals surface area contributed by atoms with Gasteiger partial charge in [-0.25, -0.2) is 4.79 Å². The van der Waals surface area contributed by atoms with Crippen molar-refractivity contribution < 1.29 is 19.1 Å². The molecule has 0 saturated heterocycles. The van der Waals surface area contributed by atoms with E-state index in [0.717, 1.165) is 5.56 Å². The summed E-state index contributed by atoms with van der Waals surface area (Å²) in [6, 6.07) is 13.0. The van der Waals surface area contributed by atoms with Crippen molar-refractivity contribution in [1.82, 2.24) is 4.57 Å². The number of carbonyl (C=O) groups excluding carboxylic acids is 2. The van der Waals surface area contributed by atoms with E-state index >= 15 is 0 Å². The van der Waals surface area contributed by atoms with Crippen molar-refractivity contribution in [3.05, 3.63) is 65.4 Å². The lowest BCUT2D eigenvalue weighted by molar-refractivity contribution is 0.0602.